The van der Waals surface area contributed by atoms with Gasteiger partial charge in [0.05, 0.1) is 5.82 Å². The Kier molecular flexibility index (Phi) is 2.32. The summed E-state index contributed by atoms with van der Waals surface area (Å²) in [4.78, 5) is 0. The first-order valence-electron chi connectivity index (χ1n) is 5.74. The molecule has 1 aliphatic carbocycles. The fraction of sp³-hybridized carbons (Fsp3) is 0.385. The van der Waals surface area contributed by atoms with E-state index in [1.165, 1.54) is 24.0 Å². The largest absolute Gasteiger partial charge is 0.386 e. The molecule has 16 heavy (non-hydrogen) atoms. The van der Waals surface area contributed by atoms with E-state index in [0.717, 1.165) is 23.3 Å². The van der Waals surface area contributed by atoms with Crippen molar-refractivity contribution in [1.29, 1.82) is 0 Å². The molecule has 0 amide bonds. The van der Waals surface area contributed by atoms with Crippen molar-refractivity contribution in [2.24, 2.45) is 5.73 Å². The van der Waals surface area contributed by atoms with Crippen molar-refractivity contribution in [2.75, 3.05) is 6.54 Å². The second-order valence-corrected chi connectivity index (χ2v) is 5.09. The van der Waals surface area contributed by atoms with Crippen molar-refractivity contribution >= 4 is 11.6 Å². The monoisotopic (exact) mass is 234 g/mol. The topological polar surface area (TPSA) is 38.0 Å². The molecule has 1 atom stereocenters. The number of halogens is 1. The summed E-state index contributed by atoms with van der Waals surface area (Å²) in [5.74, 6) is 1.93. The number of benzene rings is 1. The van der Waals surface area contributed by atoms with Crippen LogP contribution in [0.5, 0.6) is 0 Å². The lowest BCUT2D eigenvalue weighted by atomic mass is 9.93. The molecule has 2 aliphatic rings. The van der Waals surface area contributed by atoms with Crippen molar-refractivity contribution < 1.29 is 0 Å². The van der Waals surface area contributed by atoms with Crippen LogP contribution in [0.1, 0.15) is 35.8 Å². The number of rotatable bonds is 2. The smallest absolute Gasteiger partial charge is 0.0926 e. The lowest BCUT2D eigenvalue weighted by molar-refractivity contribution is 0.782. The van der Waals surface area contributed by atoms with Crippen molar-refractivity contribution in [2.45, 2.75) is 24.7 Å². The van der Waals surface area contributed by atoms with Gasteiger partial charge in [0.25, 0.3) is 0 Å². The van der Waals surface area contributed by atoms with Crippen LogP contribution in [-0.2, 0) is 0 Å². The molecule has 0 radical (unpaired) electrons. The van der Waals surface area contributed by atoms with Gasteiger partial charge in [-0.25, -0.2) is 0 Å². The minimum atomic E-state index is 0.410. The van der Waals surface area contributed by atoms with Crippen LogP contribution in [0, 0.1) is 0 Å². The quantitative estimate of drug-likeness (QED) is 0.826. The maximum atomic E-state index is 6.07. The molecule has 3 rings (SSSR count). The Morgan fingerprint density at radius 1 is 1.25 bits per heavy atom. The van der Waals surface area contributed by atoms with Crippen LogP contribution in [0.3, 0.4) is 0 Å². The third-order valence-electron chi connectivity index (χ3n) is 3.37. The highest BCUT2D eigenvalue weighted by atomic mass is 35.5. The van der Waals surface area contributed by atoms with Gasteiger partial charge in [-0.3, -0.25) is 0 Å². The van der Waals surface area contributed by atoms with E-state index in [0.29, 0.717) is 5.92 Å². The van der Waals surface area contributed by atoms with E-state index in [1.807, 2.05) is 6.07 Å². The van der Waals surface area contributed by atoms with E-state index >= 15 is 0 Å². The lowest BCUT2D eigenvalue weighted by Crippen LogP contribution is -2.16. The van der Waals surface area contributed by atoms with Crippen molar-refractivity contribution in [1.82, 2.24) is 5.32 Å². The Hall–Kier alpha value is -1.15. The summed E-state index contributed by atoms with van der Waals surface area (Å²) in [6, 6.07) is 6.25. The van der Waals surface area contributed by atoms with E-state index in [4.69, 9.17) is 17.3 Å². The molecular weight excluding hydrogens is 220 g/mol. The average molecular weight is 235 g/mol. The number of hydrogen-bond donors (Lipinski definition) is 2. The molecule has 0 aromatic heterocycles. The SMILES string of the molecule is NC1=C[C@@H](c2ccc(Cl)cc2C2CC2)CN1. The minimum Gasteiger partial charge on any atom is -0.386 e. The van der Waals surface area contributed by atoms with Gasteiger partial charge in [0.15, 0.2) is 0 Å². The molecular formula is C13H15ClN2. The average Bonchev–Trinajstić information content (AvgIpc) is 3.02. The van der Waals surface area contributed by atoms with E-state index in [2.05, 4.69) is 23.5 Å². The van der Waals surface area contributed by atoms with Crippen molar-refractivity contribution in [3.63, 3.8) is 0 Å². The Balaban J connectivity index is 1.99. The lowest BCUT2D eigenvalue weighted by Gasteiger charge is -2.13. The first-order valence-corrected chi connectivity index (χ1v) is 6.12. The van der Waals surface area contributed by atoms with Gasteiger partial charge in [0.1, 0.15) is 0 Å². The van der Waals surface area contributed by atoms with Gasteiger partial charge in [-0.15, -0.1) is 0 Å². The molecule has 2 nitrogen and oxygen atoms in total. The second-order valence-electron chi connectivity index (χ2n) is 4.66. The number of nitrogens with two attached hydrogens (primary N) is 1. The first-order chi connectivity index (χ1) is 7.74. The van der Waals surface area contributed by atoms with Gasteiger partial charge in [-0.1, -0.05) is 17.7 Å². The third kappa shape index (κ3) is 1.78. The summed E-state index contributed by atoms with van der Waals surface area (Å²) in [6.45, 7) is 0.910. The van der Waals surface area contributed by atoms with Gasteiger partial charge < -0.3 is 11.1 Å². The molecule has 0 bridgehead atoms. The van der Waals surface area contributed by atoms with E-state index in [9.17, 15) is 0 Å². The summed E-state index contributed by atoms with van der Waals surface area (Å²) in [6.07, 6.45) is 4.70. The Morgan fingerprint density at radius 2 is 2.06 bits per heavy atom. The summed E-state index contributed by atoms with van der Waals surface area (Å²) in [7, 11) is 0. The molecule has 0 spiro atoms. The van der Waals surface area contributed by atoms with Gasteiger partial charge in [-0.05, 0) is 48.1 Å². The van der Waals surface area contributed by atoms with Crippen molar-refractivity contribution in [3.05, 3.63) is 46.2 Å². The molecule has 1 heterocycles. The normalized spacial score (nSPS) is 24.1. The van der Waals surface area contributed by atoms with E-state index in [-0.39, 0.29) is 0 Å². The fourth-order valence-corrected chi connectivity index (χ4v) is 2.57. The van der Waals surface area contributed by atoms with Crippen LogP contribution in [0.15, 0.2) is 30.1 Å². The van der Waals surface area contributed by atoms with Gasteiger partial charge >= 0.3 is 0 Å². The summed E-state index contributed by atoms with van der Waals surface area (Å²) >= 11 is 6.07. The molecule has 0 saturated heterocycles. The molecule has 84 valence electrons. The molecule has 1 saturated carbocycles. The van der Waals surface area contributed by atoms with Crippen LogP contribution in [-0.4, -0.2) is 6.54 Å². The molecule has 1 aromatic rings. The van der Waals surface area contributed by atoms with Crippen molar-refractivity contribution in [3.8, 4) is 0 Å². The van der Waals surface area contributed by atoms with E-state index < -0.39 is 0 Å². The Bertz CT molecular complexity index is 449. The zero-order valence-electron chi connectivity index (χ0n) is 9.04. The van der Waals surface area contributed by atoms with Crippen LogP contribution in [0.4, 0.5) is 0 Å². The maximum absolute atomic E-state index is 6.07. The highest BCUT2D eigenvalue weighted by molar-refractivity contribution is 6.30. The van der Waals surface area contributed by atoms with E-state index in [1.54, 1.807) is 0 Å². The number of hydrogen-bond acceptors (Lipinski definition) is 2. The highest BCUT2D eigenvalue weighted by Gasteiger charge is 2.29. The molecule has 3 N–H and O–H groups in total. The van der Waals surface area contributed by atoms with Gasteiger partial charge in [0, 0.05) is 17.5 Å². The van der Waals surface area contributed by atoms with Gasteiger partial charge in [0.2, 0.25) is 0 Å². The van der Waals surface area contributed by atoms with Crippen LogP contribution in [0.2, 0.25) is 5.02 Å². The molecule has 1 fully saturated rings. The standard InChI is InChI=1S/C13H15ClN2/c14-10-3-4-11(9-5-13(15)16-7-9)12(6-10)8-1-2-8/h3-6,8-9,16H,1-2,7,15H2/t9-/m1/s1. The Morgan fingerprint density at radius 3 is 2.69 bits per heavy atom. The van der Waals surface area contributed by atoms with Crippen LogP contribution in [0.25, 0.3) is 0 Å². The molecule has 1 aliphatic heterocycles. The third-order valence-corrected chi connectivity index (χ3v) is 3.61. The van der Waals surface area contributed by atoms with Crippen LogP contribution >= 0.6 is 11.6 Å². The predicted octanol–water partition coefficient (Wildman–Crippen LogP) is 2.70. The number of nitrogens with one attached hydrogen (secondary N) is 1. The summed E-state index contributed by atoms with van der Waals surface area (Å²) in [5, 5.41) is 4.02. The summed E-state index contributed by atoms with van der Waals surface area (Å²) < 4.78 is 0. The second kappa shape index (κ2) is 3.70. The highest BCUT2D eigenvalue weighted by Crippen LogP contribution is 2.44. The molecule has 3 heteroatoms. The molecule has 1 aromatic carbocycles. The summed E-state index contributed by atoms with van der Waals surface area (Å²) in [5.41, 5.74) is 8.57. The predicted molar refractivity (Wildman–Crippen MR) is 66.4 cm³/mol. The zero-order valence-corrected chi connectivity index (χ0v) is 9.80. The minimum absolute atomic E-state index is 0.410. The zero-order chi connectivity index (χ0) is 11.1. The first kappa shape index (κ1) is 10.0. The molecule has 0 unspecified atom stereocenters. The fourth-order valence-electron chi connectivity index (χ4n) is 2.39. The maximum Gasteiger partial charge on any atom is 0.0926 e. The van der Waals surface area contributed by atoms with Gasteiger partial charge in [-0.2, -0.15) is 0 Å². The van der Waals surface area contributed by atoms with Crippen LogP contribution < -0.4 is 11.1 Å². The Labute approximate surface area is 100 Å².